The van der Waals surface area contributed by atoms with Gasteiger partial charge in [0.1, 0.15) is 5.75 Å². The molecule has 0 heterocycles. The molecule has 0 aliphatic carbocycles. The zero-order valence-corrected chi connectivity index (χ0v) is 11.6. The lowest BCUT2D eigenvalue weighted by molar-refractivity contribution is 0.459. The Morgan fingerprint density at radius 3 is 1.31 bits per heavy atom. The van der Waals surface area contributed by atoms with E-state index in [1.807, 2.05) is 0 Å². The fourth-order valence-corrected chi connectivity index (χ4v) is 3.05. The molecule has 1 rings (SSSR count). The molecule has 0 bridgehead atoms. The maximum absolute atomic E-state index is 10.3. The summed E-state index contributed by atoms with van der Waals surface area (Å²) < 4.78 is 0. The molecule has 0 aliphatic rings. The molecule has 16 heavy (non-hydrogen) atoms. The summed E-state index contributed by atoms with van der Waals surface area (Å²) in [4.78, 5) is 1.09. The highest BCUT2D eigenvalue weighted by Crippen LogP contribution is 2.36. The number of phenolic OH excluding ortho intramolecular Hbond substituents is 1. The van der Waals surface area contributed by atoms with Crippen LogP contribution in [0.2, 0.25) is 0 Å². The molecule has 0 spiro atoms. The first-order valence-corrected chi connectivity index (χ1v) is 6.64. The predicted octanol–water partition coefficient (Wildman–Crippen LogP) is 3.93. The molecule has 0 aliphatic heterocycles. The Labute approximate surface area is 104 Å². The molecular weight excluding hydrogens is 216 g/mol. The van der Waals surface area contributed by atoms with Crippen LogP contribution in [0.25, 0.3) is 0 Å². The van der Waals surface area contributed by atoms with Crippen LogP contribution < -0.4 is 0 Å². The van der Waals surface area contributed by atoms with Crippen molar-refractivity contribution >= 4 is 12.6 Å². The Bertz CT molecular complexity index is 313. The summed E-state index contributed by atoms with van der Waals surface area (Å²) in [6, 6.07) is 0. The number of thiol groups is 1. The van der Waals surface area contributed by atoms with Crippen molar-refractivity contribution in [2.24, 2.45) is 0 Å². The van der Waals surface area contributed by atoms with Crippen molar-refractivity contribution in [3.05, 3.63) is 22.3 Å². The van der Waals surface area contributed by atoms with Gasteiger partial charge >= 0.3 is 0 Å². The van der Waals surface area contributed by atoms with Crippen LogP contribution in [0.5, 0.6) is 5.75 Å². The first-order chi connectivity index (χ1) is 7.62. The van der Waals surface area contributed by atoms with Gasteiger partial charge in [0, 0.05) is 4.90 Å². The molecule has 0 aromatic heterocycles. The second-order valence-electron chi connectivity index (χ2n) is 4.03. The van der Waals surface area contributed by atoms with E-state index in [1.165, 1.54) is 11.1 Å². The number of rotatable bonds is 4. The minimum atomic E-state index is 0.511. The monoisotopic (exact) mass is 238 g/mol. The number of aromatic hydroxyl groups is 1. The third-order valence-electron chi connectivity index (χ3n) is 3.29. The predicted molar refractivity (Wildman–Crippen MR) is 72.9 cm³/mol. The van der Waals surface area contributed by atoms with E-state index in [1.54, 1.807) is 0 Å². The van der Waals surface area contributed by atoms with Gasteiger partial charge < -0.3 is 5.11 Å². The zero-order chi connectivity index (χ0) is 12.3. The Kier molecular flexibility index (Phi) is 4.72. The first-order valence-electron chi connectivity index (χ1n) is 6.19. The molecule has 0 fully saturated rings. The van der Waals surface area contributed by atoms with E-state index < -0.39 is 0 Å². The van der Waals surface area contributed by atoms with Gasteiger partial charge in [-0.2, -0.15) is 0 Å². The van der Waals surface area contributed by atoms with Gasteiger partial charge in [-0.25, -0.2) is 0 Å². The lowest BCUT2D eigenvalue weighted by atomic mass is 9.91. The van der Waals surface area contributed by atoms with Crippen molar-refractivity contribution in [2.75, 3.05) is 0 Å². The third kappa shape index (κ3) is 2.08. The fraction of sp³-hybridized carbons (Fsp3) is 0.571. The second kappa shape index (κ2) is 5.62. The van der Waals surface area contributed by atoms with E-state index in [0.29, 0.717) is 5.75 Å². The molecule has 1 aromatic rings. The van der Waals surface area contributed by atoms with Gasteiger partial charge in [-0.15, -0.1) is 12.6 Å². The SMILES string of the molecule is CCc1c(O)c(CC)c(CC)c(S)c1CC. The standard InChI is InChI=1S/C14H22OS/c1-5-9-11(7-3)14(16)12(8-4)10(6-2)13(9)15/h15-16H,5-8H2,1-4H3. The van der Waals surface area contributed by atoms with Crippen LogP contribution in [-0.4, -0.2) is 5.11 Å². The Hall–Kier alpha value is -0.630. The van der Waals surface area contributed by atoms with Crippen LogP contribution in [0, 0.1) is 0 Å². The fourth-order valence-electron chi connectivity index (χ4n) is 2.46. The number of hydrogen-bond donors (Lipinski definition) is 2. The Morgan fingerprint density at radius 2 is 1.06 bits per heavy atom. The van der Waals surface area contributed by atoms with Crippen LogP contribution in [0.15, 0.2) is 4.90 Å². The third-order valence-corrected chi connectivity index (χ3v) is 3.83. The van der Waals surface area contributed by atoms with E-state index in [4.69, 9.17) is 0 Å². The lowest BCUT2D eigenvalue weighted by Crippen LogP contribution is -2.03. The Morgan fingerprint density at radius 1 is 0.750 bits per heavy atom. The highest BCUT2D eigenvalue weighted by molar-refractivity contribution is 7.80. The first kappa shape index (κ1) is 13.4. The van der Waals surface area contributed by atoms with Crippen LogP contribution in [0.3, 0.4) is 0 Å². The zero-order valence-electron chi connectivity index (χ0n) is 10.7. The largest absolute Gasteiger partial charge is 0.507 e. The summed E-state index contributed by atoms with van der Waals surface area (Å²) in [6.45, 7) is 8.43. The van der Waals surface area contributed by atoms with Crippen molar-refractivity contribution in [3.63, 3.8) is 0 Å². The van der Waals surface area contributed by atoms with Crippen molar-refractivity contribution in [3.8, 4) is 5.75 Å². The summed E-state index contributed by atoms with van der Waals surface area (Å²) in [5.41, 5.74) is 4.61. The molecule has 0 saturated heterocycles. The van der Waals surface area contributed by atoms with Gasteiger partial charge in [0.15, 0.2) is 0 Å². The number of hydrogen-bond acceptors (Lipinski definition) is 2. The van der Waals surface area contributed by atoms with Crippen LogP contribution in [0.4, 0.5) is 0 Å². The molecular formula is C14H22OS. The van der Waals surface area contributed by atoms with Crippen molar-refractivity contribution in [1.82, 2.24) is 0 Å². The van der Waals surface area contributed by atoms with Gasteiger partial charge in [-0.3, -0.25) is 0 Å². The molecule has 1 nitrogen and oxygen atoms in total. The van der Waals surface area contributed by atoms with E-state index in [9.17, 15) is 5.11 Å². The molecule has 0 saturated carbocycles. The average Bonchev–Trinajstić information content (AvgIpc) is 2.30. The highest BCUT2D eigenvalue weighted by atomic mass is 32.1. The lowest BCUT2D eigenvalue weighted by Gasteiger charge is -2.19. The van der Waals surface area contributed by atoms with Crippen LogP contribution in [-0.2, 0) is 25.7 Å². The smallest absolute Gasteiger partial charge is 0.122 e. The minimum absolute atomic E-state index is 0.511. The molecule has 1 aromatic carbocycles. The maximum atomic E-state index is 10.3. The molecule has 0 unspecified atom stereocenters. The van der Waals surface area contributed by atoms with Crippen molar-refractivity contribution < 1.29 is 5.11 Å². The van der Waals surface area contributed by atoms with E-state index in [-0.39, 0.29) is 0 Å². The second-order valence-corrected chi connectivity index (χ2v) is 4.47. The van der Waals surface area contributed by atoms with E-state index in [0.717, 1.165) is 41.7 Å². The summed E-state index contributed by atoms with van der Waals surface area (Å²) in [5.74, 6) is 0.511. The van der Waals surface area contributed by atoms with E-state index >= 15 is 0 Å². The van der Waals surface area contributed by atoms with Crippen LogP contribution >= 0.6 is 12.6 Å². The number of benzene rings is 1. The topological polar surface area (TPSA) is 20.2 Å². The summed E-state index contributed by atoms with van der Waals surface area (Å²) in [5, 5.41) is 10.3. The summed E-state index contributed by atoms with van der Waals surface area (Å²) in [7, 11) is 0. The summed E-state index contributed by atoms with van der Waals surface area (Å²) >= 11 is 4.66. The molecule has 1 N–H and O–H groups in total. The van der Waals surface area contributed by atoms with Gasteiger partial charge in [0.05, 0.1) is 0 Å². The molecule has 2 heteroatoms. The Balaban J connectivity index is 3.60. The normalized spacial score (nSPS) is 10.8. The van der Waals surface area contributed by atoms with Crippen LogP contribution in [0.1, 0.15) is 49.9 Å². The van der Waals surface area contributed by atoms with Gasteiger partial charge in [0.2, 0.25) is 0 Å². The molecule has 0 radical (unpaired) electrons. The minimum Gasteiger partial charge on any atom is -0.507 e. The van der Waals surface area contributed by atoms with Crippen molar-refractivity contribution in [2.45, 2.75) is 58.3 Å². The van der Waals surface area contributed by atoms with Gasteiger partial charge in [-0.1, -0.05) is 27.7 Å². The molecule has 90 valence electrons. The molecule has 0 amide bonds. The van der Waals surface area contributed by atoms with Crippen molar-refractivity contribution in [1.29, 1.82) is 0 Å². The van der Waals surface area contributed by atoms with E-state index in [2.05, 4.69) is 40.3 Å². The maximum Gasteiger partial charge on any atom is 0.122 e. The highest BCUT2D eigenvalue weighted by Gasteiger charge is 2.17. The van der Waals surface area contributed by atoms with Gasteiger partial charge in [-0.05, 0) is 47.9 Å². The molecule has 0 atom stereocenters. The van der Waals surface area contributed by atoms with Gasteiger partial charge in [0.25, 0.3) is 0 Å². The number of phenols is 1. The quantitative estimate of drug-likeness (QED) is 0.762. The summed E-state index contributed by atoms with van der Waals surface area (Å²) in [6.07, 6.45) is 3.62. The average molecular weight is 238 g/mol.